The molecular formula is C14H30O2. The van der Waals surface area contributed by atoms with Gasteiger partial charge in [0.05, 0.1) is 12.2 Å². The van der Waals surface area contributed by atoms with Crippen molar-refractivity contribution >= 4 is 0 Å². The van der Waals surface area contributed by atoms with Crippen LogP contribution in [-0.4, -0.2) is 22.4 Å². The third kappa shape index (κ3) is 6.49. The van der Waals surface area contributed by atoms with Crippen LogP contribution < -0.4 is 0 Å². The molecule has 0 aromatic rings. The van der Waals surface area contributed by atoms with E-state index in [-0.39, 0.29) is 5.92 Å². The second kappa shape index (κ2) is 9.00. The third-order valence-electron chi connectivity index (χ3n) is 3.49. The second-order valence-corrected chi connectivity index (χ2v) is 5.30. The Labute approximate surface area is 101 Å². The molecule has 0 saturated heterocycles. The molecule has 98 valence electrons. The Morgan fingerprint density at radius 1 is 0.938 bits per heavy atom. The highest BCUT2D eigenvalue weighted by Crippen LogP contribution is 2.21. The monoisotopic (exact) mass is 230 g/mol. The molecule has 0 unspecified atom stereocenters. The van der Waals surface area contributed by atoms with E-state index in [1.807, 2.05) is 13.8 Å². The molecule has 0 rings (SSSR count). The van der Waals surface area contributed by atoms with Gasteiger partial charge >= 0.3 is 0 Å². The van der Waals surface area contributed by atoms with Crippen LogP contribution in [0.4, 0.5) is 0 Å². The number of aliphatic hydroxyl groups is 2. The lowest BCUT2D eigenvalue weighted by molar-refractivity contribution is -0.0152. The first-order valence-electron chi connectivity index (χ1n) is 6.88. The van der Waals surface area contributed by atoms with Crippen LogP contribution in [0.2, 0.25) is 0 Å². The number of hydrogen-bond acceptors (Lipinski definition) is 2. The van der Waals surface area contributed by atoms with Crippen molar-refractivity contribution in [2.24, 2.45) is 11.8 Å². The van der Waals surface area contributed by atoms with Gasteiger partial charge in [-0.15, -0.1) is 0 Å². The van der Waals surface area contributed by atoms with Crippen LogP contribution in [0.25, 0.3) is 0 Å². The topological polar surface area (TPSA) is 40.5 Å². The zero-order chi connectivity index (χ0) is 12.6. The first kappa shape index (κ1) is 15.9. The van der Waals surface area contributed by atoms with Crippen LogP contribution in [-0.2, 0) is 0 Å². The van der Waals surface area contributed by atoms with Crippen molar-refractivity contribution < 1.29 is 10.2 Å². The van der Waals surface area contributed by atoms with Gasteiger partial charge in [-0.1, -0.05) is 53.4 Å². The molecule has 3 atom stereocenters. The first-order valence-corrected chi connectivity index (χ1v) is 6.88. The van der Waals surface area contributed by atoms with E-state index in [1.165, 1.54) is 25.7 Å². The predicted molar refractivity (Wildman–Crippen MR) is 69.4 cm³/mol. The Hall–Kier alpha value is -0.0800. The molecule has 16 heavy (non-hydrogen) atoms. The van der Waals surface area contributed by atoms with Crippen LogP contribution in [0.1, 0.15) is 66.2 Å². The van der Waals surface area contributed by atoms with Gasteiger partial charge in [-0.3, -0.25) is 0 Å². The maximum atomic E-state index is 9.81. The first-order chi connectivity index (χ1) is 7.52. The van der Waals surface area contributed by atoms with Crippen LogP contribution in [0.15, 0.2) is 0 Å². The van der Waals surface area contributed by atoms with Crippen LogP contribution in [0.5, 0.6) is 0 Å². The van der Waals surface area contributed by atoms with Crippen molar-refractivity contribution in [3.8, 4) is 0 Å². The molecule has 2 heteroatoms. The quantitative estimate of drug-likeness (QED) is 0.637. The van der Waals surface area contributed by atoms with Gasteiger partial charge in [-0.05, 0) is 24.7 Å². The molecule has 2 nitrogen and oxygen atoms in total. The van der Waals surface area contributed by atoms with E-state index in [9.17, 15) is 10.2 Å². The lowest BCUT2D eigenvalue weighted by Gasteiger charge is -2.23. The largest absolute Gasteiger partial charge is 0.390 e. The van der Waals surface area contributed by atoms with Crippen molar-refractivity contribution in [2.45, 2.75) is 78.4 Å². The lowest BCUT2D eigenvalue weighted by atomic mass is 9.90. The summed E-state index contributed by atoms with van der Waals surface area (Å²) in [6, 6.07) is 0. The molecule has 0 aliphatic rings. The van der Waals surface area contributed by atoms with E-state index >= 15 is 0 Å². The summed E-state index contributed by atoms with van der Waals surface area (Å²) in [5, 5.41) is 19.5. The molecule has 0 bridgehead atoms. The van der Waals surface area contributed by atoms with E-state index in [1.54, 1.807) is 0 Å². The van der Waals surface area contributed by atoms with E-state index in [0.29, 0.717) is 5.92 Å². The number of aliphatic hydroxyl groups excluding tert-OH is 2. The summed E-state index contributed by atoms with van der Waals surface area (Å²) in [4.78, 5) is 0. The molecule has 0 aromatic carbocycles. The Balaban J connectivity index is 3.82. The molecule has 0 aliphatic heterocycles. The summed E-state index contributed by atoms with van der Waals surface area (Å²) in [7, 11) is 0. The number of unbranched alkanes of at least 4 members (excludes halogenated alkanes) is 1. The normalized spacial score (nSPS) is 17.4. The van der Waals surface area contributed by atoms with Crippen LogP contribution >= 0.6 is 0 Å². The Morgan fingerprint density at radius 2 is 1.56 bits per heavy atom. The highest BCUT2D eigenvalue weighted by atomic mass is 16.3. The van der Waals surface area contributed by atoms with E-state index in [2.05, 4.69) is 13.8 Å². The number of rotatable bonds is 9. The van der Waals surface area contributed by atoms with Gasteiger partial charge in [0.2, 0.25) is 0 Å². The maximum Gasteiger partial charge on any atom is 0.0821 e. The minimum Gasteiger partial charge on any atom is -0.390 e. The van der Waals surface area contributed by atoms with E-state index < -0.39 is 12.2 Å². The Morgan fingerprint density at radius 3 is 2.00 bits per heavy atom. The third-order valence-corrected chi connectivity index (χ3v) is 3.49. The zero-order valence-corrected chi connectivity index (χ0v) is 11.4. The van der Waals surface area contributed by atoms with E-state index in [0.717, 1.165) is 12.8 Å². The van der Waals surface area contributed by atoms with E-state index in [4.69, 9.17) is 0 Å². The van der Waals surface area contributed by atoms with Gasteiger partial charge < -0.3 is 10.2 Å². The van der Waals surface area contributed by atoms with Crippen LogP contribution in [0, 0.1) is 11.8 Å². The fourth-order valence-electron chi connectivity index (χ4n) is 2.07. The molecule has 0 fully saturated rings. The van der Waals surface area contributed by atoms with Gasteiger partial charge in [0.15, 0.2) is 0 Å². The molecule has 0 heterocycles. The molecule has 0 radical (unpaired) electrons. The minimum atomic E-state index is -0.566. The van der Waals surface area contributed by atoms with Gasteiger partial charge in [-0.2, -0.15) is 0 Å². The standard InChI is InChI=1S/C14H30O2/c1-5-7-8-12(6-2)9-10-13(15)14(16)11(3)4/h11-16H,5-10H2,1-4H3/t12-,13+,14+/m0/s1. The summed E-state index contributed by atoms with van der Waals surface area (Å²) in [6.07, 6.45) is 5.64. The lowest BCUT2D eigenvalue weighted by Crippen LogP contribution is -2.31. The highest BCUT2D eigenvalue weighted by molar-refractivity contribution is 4.71. The van der Waals surface area contributed by atoms with Gasteiger partial charge in [0, 0.05) is 0 Å². The summed E-state index contributed by atoms with van der Waals surface area (Å²) < 4.78 is 0. The molecule has 0 aliphatic carbocycles. The average molecular weight is 230 g/mol. The summed E-state index contributed by atoms with van der Waals surface area (Å²) in [5.41, 5.74) is 0. The average Bonchev–Trinajstić information content (AvgIpc) is 2.27. The van der Waals surface area contributed by atoms with Gasteiger partial charge in [0.25, 0.3) is 0 Å². The fraction of sp³-hybridized carbons (Fsp3) is 1.00. The smallest absolute Gasteiger partial charge is 0.0821 e. The van der Waals surface area contributed by atoms with Gasteiger partial charge in [-0.25, -0.2) is 0 Å². The van der Waals surface area contributed by atoms with Crippen molar-refractivity contribution in [3.05, 3.63) is 0 Å². The van der Waals surface area contributed by atoms with Crippen molar-refractivity contribution in [3.63, 3.8) is 0 Å². The minimum absolute atomic E-state index is 0.144. The summed E-state index contributed by atoms with van der Waals surface area (Å²) in [6.45, 7) is 8.32. The molecule has 0 amide bonds. The summed E-state index contributed by atoms with van der Waals surface area (Å²) >= 11 is 0. The van der Waals surface area contributed by atoms with Crippen molar-refractivity contribution in [2.75, 3.05) is 0 Å². The maximum absolute atomic E-state index is 9.81. The molecule has 0 spiro atoms. The molecule has 2 N–H and O–H groups in total. The number of hydrogen-bond donors (Lipinski definition) is 2. The van der Waals surface area contributed by atoms with Crippen molar-refractivity contribution in [1.29, 1.82) is 0 Å². The van der Waals surface area contributed by atoms with Crippen LogP contribution in [0.3, 0.4) is 0 Å². The predicted octanol–water partition coefficient (Wildman–Crippen LogP) is 3.36. The van der Waals surface area contributed by atoms with Crippen molar-refractivity contribution in [1.82, 2.24) is 0 Å². The zero-order valence-electron chi connectivity index (χ0n) is 11.4. The highest BCUT2D eigenvalue weighted by Gasteiger charge is 2.20. The van der Waals surface area contributed by atoms with Gasteiger partial charge in [0.1, 0.15) is 0 Å². The fourth-order valence-corrected chi connectivity index (χ4v) is 2.07. The Kier molecular flexibility index (Phi) is 8.96. The Bertz CT molecular complexity index is 157. The summed E-state index contributed by atoms with van der Waals surface area (Å²) in [5.74, 6) is 0.861. The SMILES string of the molecule is CCCC[C@H](CC)CC[C@@H](O)[C@H](O)C(C)C. The second-order valence-electron chi connectivity index (χ2n) is 5.30. The molecule has 0 saturated carbocycles. The molecular weight excluding hydrogens is 200 g/mol. The molecule has 0 aromatic heterocycles.